The predicted octanol–water partition coefficient (Wildman–Crippen LogP) is 5.65. The first-order valence-corrected chi connectivity index (χ1v) is 10.1. The fourth-order valence-electron chi connectivity index (χ4n) is 3.25. The largest absolute Gasteiger partial charge is 0.454 e. The third-order valence-corrected chi connectivity index (χ3v) is 5.80. The number of thiazole rings is 1. The highest BCUT2D eigenvalue weighted by Gasteiger charge is 2.17. The van der Waals surface area contributed by atoms with Gasteiger partial charge in [-0.1, -0.05) is 23.7 Å². The Morgan fingerprint density at radius 2 is 1.97 bits per heavy atom. The summed E-state index contributed by atoms with van der Waals surface area (Å²) in [5.74, 6) is 1.13. The minimum atomic E-state index is -0.118. The monoisotopic (exact) mass is 422 g/mol. The highest BCUT2D eigenvalue weighted by molar-refractivity contribution is 7.17. The number of benzene rings is 2. The second-order valence-corrected chi connectivity index (χ2v) is 8.26. The molecule has 0 spiro atoms. The number of hydrogen-bond donors (Lipinski definition) is 0. The summed E-state index contributed by atoms with van der Waals surface area (Å²) in [6.45, 7) is 2.21. The molecule has 144 valence electrons. The van der Waals surface area contributed by atoms with Gasteiger partial charge in [0.05, 0.1) is 11.4 Å². The topological polar surface area (TPSA) is 52.8 Å². The van der Waals surface area contributed by atoms with E-state index < -0.39 is 0 Å². The fourth-order valence-corrected chi connectivity index (χ4v) is 4.21. The molecule has 0 saturated carbocycles. The highest BCUT2D eigenvalue weighted by Crippen LogP contribution is 2.33. The van der Waals surface area contributed by atoms with E-state index in [1.54, 1.807) is 35.6 Å². The maximum absolute atomic E-state index is 12.7. The molecule has 5 nitrogen and oxygen atoms in total. The number of rotatable bonds is 4. The predicted molar refractivity (Wildman–Crippen MR) is 114 cm³/mol. The lowest BCUT2D eigenvalue weighted by atomic mass is 10.1. The third kappa shape index (κ3) is 3.30. The number of hydrogen-bond acceptors (Lipinski definition) is 5. The quantitative estimate of drug-likeness (QED) is 0.315. The number of carbonyl (C=O) groups excluding carboxylic acids is 1. The smallest absolute Gasteiger partial charge is 0.231 e. The standard InChI is InChI=1S/C22H15ClN2O3S/c1-13-11-25-17(21(24-22(25)29-13)14-2-5-16(23)6-3-14)7-8-18(26)15-4-9-19-20(10-15)28-12-27-19/h2-11H,12H2,1H3/b8-7+. The molecule has 3 heterocycles. The van der Waals surface area contributed by atoms with Crippen molar-refractivity contribution in [2.24, 2.45) is 0 Å². The Kier molecular flexibility index (Phi) is 4.38. The van der Waals surface area contributed by atoms with Crippen molar-refractivity contribution in [1.29, 1.82) is 0 Å². The summed E-state index contributed by atoms with van der Waals surface area (Å²) in [6.07, 6.45) is 5.40. The second-order valence-electron chi connectivity index (χ2n) is 6.61. The van der Waals surface area contributed by atoms with E-state index in [0.717, 1.165) is 26.8 Å². The molecule has 2 aromatic heterocycles. The van der Waals surface area contributed by atoms with Gasteiger partial charge in [-0.05, 0) is 49.4 Å². The minimum Gasteiger partial charge on any atom is -0.454 e. The number of nitrogens with zero attached hydrogens (tertiary/aromatic N) is 2. The van der Waals surface area contributed by atoms with Crippen molar-refractivity contribution >= 4 is 39.8 Å². The Labute approximate surface area is 175 Å². The Morgan fingerprint density at radius 3 is 2.79 bits per heavy atom. The normalized spacial score (nSPS) is 12.9. The zero-order chi connectivity index (χ0) is 20.0. The number of ketones is 1. The van der Waals surface area contributed by atoms with E-state index in [-0.39, 0.29) is 12.6 Å². The summed E-state index contributed by atoms with van der Waals surface area (Å²) in [4.78, 5) is 19.5. The maximum Gasteiger partial charge on any atom is 0.231 e. The van der Waals surface area contributed by atoms with Gasteiger partial charge in [-0.15, -0.1) is 11.3 Å². The molecule has 0 amide bonds. The highest BCUT2D eigenvalue weighted by atomic mass is 35.5. The van der Waals surface area contributed by atoms with E-state index in [4.69, 9.17) is 26.1 Å². The van der Waals surface area contributed by atoms with Gasteiger partial charge in [0.15, 0.2) is 22.2 Å². The molecule has 0 atom stereocenters. The van der Waals surface area contributed by atoms with Crippen LogP contribution >= 0.6 is 22.9 Å². The van der Waals surface area contributed by atoms with Gasteiger partial charge in [0.1, 0.15) is 0 Å². The molecule has 1 aliphatic rings. The van der Waals surface area contributed by atoms with Gasteiger partial charge in [-0.3, -0.25) is 9.20 Å². The summed E-state index contributed by atoms with van der Waals surface area (Å²) in [6, 6.07) is 12.7. The molecular weight excluding hydrogens is 408 g/mol. The summed E-state index contributed by atoms with van der Waals surface area (Å²) in [5.41, 5.74) is 3.14. The average molecular weight is 423 g/mol. The molecule has 0 radical (unpaired) electrons. The van der Waals surface area contributed by atoms with Crippen LogP contribution < -0.4 is 9.47 Å². The zero-order valence-corrected chi connectivity index (χ0v) is 17.0. The molecule has 0 unspecified atom stereocenters. The summed E-state index contributed by atoms with van der Waals surface area (Å²) >= 11 is 7.63. The Hall–Kier alpha value is -3.09. The molecule has 0 fully saturated rings. The van der Waals surface area contributed by atoms with Gasteiger partial charge < -0.3 is 9.47 Å². The number of allylic oxidation sites excluding steroid dienone is 1. The number of halogens is 1. The van der Waals surface area contributed by atoms with Crippen LogP contribution in [0.2, 0.25) is 5.02 Å². The van der Waals surface area contributed by atoms with Crippen LogP contribution in [-0.4, -0.2) is 22.0 Å². The Balaban J connectivity index is 1.54. The molecule has 29 heavy (non-hydrogen) atoms. The van der Waals surface area contributed by atoms with Gasteiger partial charge >= 0.3 is 0 Å². The summed E-state index contributed by atoms with van der Waals surface area (Å²) < 4.78 is 12.7. The van der Waals surface area contributed by atoms with Crippen LogP contribution in [0.4, 0.5) is 0 Å². The number of aromatic nitrogens is 2. The molecule has 0 saturated heterocycles. The fraction of sp³-hybridized carbons (Fsp3) is 0.0909. The number of aryl methyl sites for hydroxylation is 1. The average Bonchev–Trinajstić information content (AvgIpc) is 3.40. The van der Waals surface area contributed by atoms with E-state index >= 15 is 0 Å². The minimum absolute atomic E-state index is 0.118. The molecular formula is C22H15ClN2O3S. The van der Waals surface area contributed by atoms with E-state index in [0.29, 0.717) is 22.1 Å². The molecule has 5 rings (SSSR count). The molecule has 4 aromatic rings. The number of carbonyl (C=O) groups is 1. The van der Waals surface area contributed by atoms with E-state index in [1.165, 1.54) is 0 Å². The van der Waals surface area contributed by atoms with Crippen molar-refractivity contribution in [3.05, 3.63) is 75.9 Å². The first-order chi connectivity index (χ1) is 14.1. The van der Waals surface area contributed by atoms with E-state index in [9.17, 15) is 4.79 Å². The first kappa shape index (κ1) is 18.0. The van der Waals surface area contributed by atoms with Crippen molar-refractivity contribution in [1.82, 2.24) is 9.38 Å². The van der Waals surface area contributed by atoms with E-state index in [1.807, 2.05) is 47.9 Å². The van der Waals surface area contributed by atoms with Crippen molar-refractivity contribution in [3.8, 4) is 22.8 Å². The summed E-state index contributed by atoms with van der Waals surface area (Å²) in [5, 5.41) is 0.667. The van der Waals surface area contributed by atoms with Crippen LogP contribution in [0, 0.1) is 6.92 Å². The summed E-state index contributed by atoms with van der Waals surface area (Å²) in [7, 11) is 0. The van der Waals surface area contributed by atoms with Crippen LogP contribution in [0.25, 0.3) is 22.3 Å². The Morgan fingerprint density at radius 1 is 1.17 bits per heavy atom. The number of ether oxygens (including phenoxy) is 2. The number of imidazole rings is 1. The van der Waals surface area contributed by atoms with Gasteiger partial charge in [0.2, 0.25) is 6.79 Å². The Bertz CT molecular complexity index is 1270. The van der Waals surface area contributed by atoms with Gasteiger partial charge in [0, 0.05) is 27.2 Å². The number of fused-ring (bicyclic) bond motifs is 2. The lowest BCUT2D eigenvalue weighted by molar-refractivity contribution is 0.104. The molecule has 7 heteroatoms. The van der Waals surface area contributed by atoms with Gasteiger partial charge in [0.25, 0.3) is 0 Å². The van der Waals surface area contributed by atoms with Crippen LogP contribution in [0.3, 0.4) is 0 Å². The lowest BCUT2D eigenvalue weighted by Crippen LogP contribution is -1.95. The van der Waals surface area contributed by atoms with Crippen LogP contribution in [0.5, 0.6) is 11.5 Å². The van der Waals surface area contributed by atoms with Crippen molar-refractivity contribution < 1.29 is 14.3 Å². The maximum atomic E-state index is 12.7. The SMILES string of the molecule is Cc1cn2c(/C=C/C(=O)c3ccc4c(c3)OCO4)c(-c3ccc(Cl)cc3)nc2s1. The molecule has 1 aliphatic heterocycles. The second kappa shape index (κ2) is 7.06. The molecule has 0 aliphatic carbocycles. The lowest BCUT2D eigenvalue weighted by Gasteiger charge is -2.02. The van der Waals surface area contributed by atoms with Crippen LogP contribution in [-0.2, 0) is 0 Å². The van der Waals surface area contributed by atoms with Crippen molar-refractivity contribution in [2.45, 2.75) is 6.92 Å². The molecule has 0 N–H and O–H groups in total. The first-order valence-electron chi connectivity index (χ1n) is 8.95. The molecule has 2 aromatic carbocycles. The zero-order valence-electron chi connectivity index (χ0n) is 15.4. The van der Waals surface area contributed by atoms with Crippen molar-refractivity contribution in [3.63, 3.8) is 0 Å². The molecule has 0 bridgehead atoms. The van der Waals surface area contributed by atoms with Crippen LogP contribution in [0.15, 0.2) is 54.7 Å². The van der Waals surface area contributed by atoms with Gasteiger partial charge in [-0.25, -0.2) is 4.98 Å². The van der Waals surface area contributed by atoms with Crippen LogP contribution in [0.1, 0.15) is 20.9 Å². The van der Waals surface area contributed by atoms with E-state index in [2.05, 4.69) is 0 Å². The van der Waals surface area contributed by atoms with Crippen molar-refractivity contribution in [2.75, 3.05) is 6.79 Å². The third-order valence-electron chi connectivity index (χ3n) is 4.65. The van der Waals surface area contributed by atoms with Gasteiger partial charge in [-0.2, -0.15) is 0 Å².